The largest absolute Gasteiger partial charge is 0.449 e. The third kappa shape index (κ3) is 4.03. The average Bonchev–Trinajstić information content (AvgIpc) is 2.77. The van der Waals surface area contributed by atoms with Gasteiger partial charge < -0.3 is 14.6 Å². The number of ether oxygens (including phenoxy) is 1. The summed E-state index contributed by atoms with van der Waals surface area (Å²) in [5, 5.41) is 3.88. The molecule has 1 amide bonds. The first-order chi connectivity index (χ1) is 12.1. The smallest absolute Gasteiger partial charge is 0.341 e. The zero-order valence-corrected chi connectivity index (χ0v) is 15.0. The predicted octanol–water partition coefficient (Wildman–Crippen LogP) is 3.56. The van der Waals surface area contributed by atoms with Crippen molar-refractivity contribution in [2.24, 2.45) is 7.05 Å². The molecule has 3 rings (SSSR count). The van der Waals surface area contributed by atoms with Crippen molar-refractivity contribution in [2.45, 2.75) is 57.6 Å². The predicted molar refractivity (Wildman–Crippen MR) is 97.4 cm³/mol. The standard InChI is InChI=1S/C20H26N2O3/c1-14(19(23)21-15-9-5-3-4-6-10-15)25-20(24)17-13-22(2)18-12-8-7-11-16(17)18/h7-8,11-15H,3-6,9-10H2,1-2H3,(H,21,23). The van der Waals surface area contributed by atoms with Crippen molar-refractivity contribution in [3.05, 3.63) is 36.0 Å². The molecule has 0 radical (unpaired) electrons. The van der Waals surface area contributed by atoms with Gasteiger partial charge in [-0.1, -0.05) is 43.9 Å². The number of esters is 1. The first-order valence-corrected chi connectivity index (χ1v) is 9.11. The molecule has 5 nitrogen and oxygen atoms in total. The van der Waals surface area contributed by atoms with Gasteiger partial charge in [-0.3, -0.25) is 4.79 Å². The Morgan fingerprint density at radius 1 is 1.16 bits per heavy atom. The van der Waals surface area contributed by atoms with Gasteiger partial charge in [-0.05, 0) is 25.8 Å². The maximum Gasteiger partial charge on any atom is 0.341 e. The number of aromatic nitrogens is 1. The zero-order chi connectivity index (χ0) is 17.8. The van der Waals surface area contributed by atoms with Crippen LogP contribution in [-0.2, 0) is 16.6 Å². The number of amides is 1. The van der Waals surface area contributed by atoms with E-state index in [4.69, 9.17) is 4.74 Å². The van der Waals surface area contributed by atoms with E-state index in [2.05, 4.69) is 5.32 Å². The molecule has 1 aliphatic carbocycles. The Labute approximate surface area is 148 Å². The van der Waals surface area contributed by atoms with Gasteiger partial charge in [0.05, 0.1) is 5.56 Å². The Hall–Kier alpha value is -2.30. The third-order valence-corrected chi connectivity index (χ3v) is 4.97. The molecule has 1 saturated carbocycles. The molecule has 1 unspecified atom stereocenters. The Bertz CT molecular complexity index is 757. The fourth-order valence-corrected chi connectivity index (χ4v) is 3.52. The Morgan fingerprint density at radius 2 is 1.84 bits per heavy atom. The van der Waals surface area contributed by atoms with Gasteiger partial charge >= 0.3 is 5.97 Å². The number of para-hydroxylation sites is 1. The molecule has 0 aliphatic heterocycles. The van der Waals surface area contributed by atoms with Crippen molar-refractivity contribution in [3.63, 3.8) is 0 Å². The average molecular weight is 342 g/mol. The maximum absolute atomic E-state index is 12.5. The van der Waals surface area contributed by atoms with Crippen molar-refractivity contribution in [3.8, 4) is 0 Å². The third-order valence-electron chi connectivity index (χ3n) is 4.97. The molecule has 1 aliphatic rings. The highest BCUT2D eigenvalue weighted by molar-refractivity contribution is 6.05. The number of nitrogens with one attached hydrogen (secondary N) is 1. The Morgan fingerprint density at radius 3 is 2.56 bits per heavy atom. The van der Waals surface area contributed by atoms with Crippen molar-refractivity contribution >= 4 is 22.8 Å². The minimum absolute atomic E-state index is 0.203. The number of carbonyl (C=O) groups is 2. The second kappa shape index (κ2) is 7.72. The van der Waals surface area contributed by atoms with Gasteiger partial charge in [0.1, 0.15) is 0 Å². The van der Waals surface area contributed by atoms with E-state index in [9.17, 15) is 9.59 Å². The fraction of sp³-hybridized carbons (Fsp3) is 0.500. The molecular formula is C20H26N2O3. The molecule has 5 heteroatoms. The molecule has 1 aromatic heterocycles. The van der Waals surface area contributed by atoms with Gasteiger partial charge in [0.2, 0.25) is 0 Å². The summed E-state index contributed by atoms with van der Waals surface area (Å²) in [4.78, 5) is 24.9. The number of rotatable bonds is 4. The highest BCUT2D eigenvalue weighted by atomic mass is 16.5. The van der Waals surface area contributed by atoms with Gasteiger partial charge in [-0.15, -0.1) is 0 Å². The molecule has 2 aromatic rings. The normalized spacial score (nSPS) is 17.0. The minimum atomic E-state index is -0.797. The van der Waals surface area contributed by atoms with Crippen LogP contribution in [0.2, 0.25) is 0 Å². The lowest BCUT2D eigenvalue weighted by atomic mass is 10.1. The van der Waals surface area contributed by atoms with E-state index in [1.807, 2.05) is 35.9 Å². The highest BCUT2D eigenvalue weighted by Gasteiger charge is 2.24. The van der Waals surface area contributed by atoms with E-state index < -0.39 is 12.1 Å². The lowest BCUT2D eigenvalue weighted by molar-refractivity contribution is -0.129. The Balaban J connectivity index is 1.64. The molecule has 0 spiro atoms. The molecule has 1 aromatic carbocycles. The van der Waals surface area contributed by atoms with Crippen LogP contribution in [-0.4, -0.2) is 28.6 Å². The summed E-state index contributed by atoms with van der Waals surface area (Å²) < 4.78 is 7.32. The van der Waals surface area contributed by atoms with E-state index in [0.29, 0.717) is 5.56 Å². The van der Waals surface area contributed by atoms with E-state index in [0.717, 1.165) is 36.6 Å². The second-order valence-corrected chi connectivity index (χ2v) is 6.92. The van der Waals surface area contributed by atoms with Crippen LogP contribution in [0.3, 0.4) is 0 Å². The van der Waals surface area contributed by atoms with E-state index in [1.165, 1.54) is 12.8 Å². The van der Waals surface area contributed by atoms with Crippen LogP contribution < -0.4 is 5.32 Å². The molecule has 0 bridgehead atoms. The molecular weight excluding hydrogens is 316 g/mol. The summed E-state index contributed by atoms with van der Waals surface area (Å²) in [5.74, 6) is -0.666. The van der Waals surface area contributed by atoms with E-state index in [1.54, 1.807) is 13.1 Å². The quantitative estimate of drug-likeness (QED) is 0.683. The lowest BCUT2D eigenvalue weighted by Crippen LogP contribution is -2.41. The molecule has 1 N–H and O–H groups in total. The summed E-state index contributed by atoms with van der Waals surface area (Å²) in [7, 11) is 1.89. The number of benzene rings is 1. The van der Waals surface area contributed by atoms with Crippen LogP contribution in [0.5, 0.6) is 0 Å². The van der Waals surface area contributed by atoms with Crippen molar-refractivity contribution in [1.29, 1.82) is 0 Å². The van der Waals surface area contributed by atoms with Crippen molar-refractivity contribution in [2.75, 3.05) is 0 Å². The second-order valence-electron chi connectivity index (χ2n) is 6.92. The van der Waals surface area contributed by atoms with Gasteiger partial charge in [0.25, 0.3) is 5.91 Å². The molecule has 1 heterocycles. The summed E-state index contributed by atoms with van der Waals surface area (Å²) in [6.45, 7) is 1.63. The van der Waals surface area contributed by atoms with Gasteiger partial charge in [0, 0.05) is 30.2 Å². The van der Waals surface area contributed by atoms with Gasteiger partial charge in [-0.2, -0.15) is 0 Å². The first kappa shape index (κ1) is 17.5. The molecule has 25 heavy (non-hydrogen) atoms. The van der Waals surface area contributed by atoms with Crippen molar-refractivity contribution < 1.29 is 14.3 Å². The van der Waals surface area contributed by atoms with E-state index in [-0.39, 0.29) is 11.9 Å². The minimum Gasteiger partial charge on any atom is -0.449 e. The van der Waals surface area contributed by atoms with Gasteiger partial charge in [0.15, 0.2) is 6.10 Å². The fourth-order valence-electron chi connectivity index (χ4n) is 3.52. The first-order valence-electron chi connectivity index (χ1n) is 9.11. The van der Waals surface area contributed by atoms with E-state index >= 15 is 0 Å². The summed E-state index contributed by atoms with van der Waals surface area (Å²) >= 11 is 0. The SMILES string of the molecule is CC(OC(=O)c1cn(C)c2ccccc12)C(=O)NC1CCCCCC1. The van der Waals surface area contributed by atoms with Crippen LogP contribution in [0.1, 0.15) is 55.8 Å². The topological polar surface area (TPSA) is 60.3 Å². The molecule has 0 saturated heterocycles. The van der Waals surface area contributed by atoms with Crippen LogP contribution in [0.15, 0.2) is 30.5 Å². The lowest BCUT2D eigenvalue weighted by Gasteiger charge is -2.19. The van der Waals surface area contributed by atoms with Crippen LogP contribution >= 0.6 is 0 Å². The summed E-state index contributed by atoms with van der Waals surface area (Å²) in [5.41, 5.74) is 1.46. The molecule has 1 atom stereocenters. The molecule has 134 valence electrons. The number of hydrogen-bond donors (Lipinski definition) is 1. The van der Waals surface area contributed by atoms with Crippen molar-refractivity contribution in [1.82, 2.24) is 9.88 Å². The highest BCUT2D eigenvalue weighted by Crippen LogP contribution is 2.22. The van der Waals surface area contributed by atoms with Gasteiger partial charge in [-0.25, -0.2) is 4.79 Å². The monoisotopic (exact) mass is 342 g/mol. The van der Waals surface area contributed by atoms with Crippen LogP contribution in [0, 0.1) is 0 Å². The Kier molecular flexibility index (Phi) is 5.41. The number of carbonyl (C=O) groups excluding carboxylic acids is 2. The summed E-state index contributed by atoms with van der Waals surface area (Å²) in [6, 6.07) is 7.87. The van der Waals surface area contributed by atoms with Crippen LogP contribution in [0.25, 0.3) is 10.9 Å². The molecule has 1 fully saturated rings. The number of nitrogens with zero attached hydrogens (tertiary/aromatic N) is 1. The van der Waals surface area contributed by atoms with Crippen LogP contribution in [0.4, 0.5) is 0 Å². The zero-order valence-electron chi connectivity index (χ0n) is 15.0. The number of fused-ring (bicyclic) bond motifs is 1. The number of hydrogen-bond acceptors (Lipinski definition) is 3. The maximum atomic E-state index is 12.5. The number of aryl methyl sites for hydroxylation is 1. The summed E-state index contributed by atoms with van der Waals surface area (Å²) in [6.07, 6.45) is 7.74.